The van der Waals surface area contributed by atoms with Gasteiger partial charge < -0.3 is 19.3 Å². The molecule has 0 bridgehead atoms. The zero-order chi connectivity index (χ0) is 14.5. The molecule has 0 spiro atoms. The maximum Gasteiger partial charge on any atom is 0.251 e. The van der Waals surface area contributed by atoms with Crippen LogP contribution in [0.15, 0.2) is 17.1 Å². The smallest absolute Gasteiger partial charge is 0.251 e. The maximum absolute atomic E-state index is 11.2. The van der Waals surface area contributed by atoms with Crippen LogP contribution >= 0.6 is 12.2 Å². The Balaban J connectivity index is 1.98. The van der Waals surface area contributed by atoms with Gasteiger partial charge in [0.1, 0.15) is 18.3 Å². The fourth-order valence-corrected chi connectivity index (χ4v) is 2.92. The lowest BCUT2D eigenvalue weighted by Crippen LogP contribution is -2.31. The van der Waals surface area contributed by atoms with Crippen LogP contribution in [0.3, 0.4) is 0 Å². The first-order chi connectivity index (χ1) is 9.41. The van der Waals surface area contributed by atoms with Crippen LogP contribution in [0.2, 0.25) is 0 Å². The van der Waals surface area contributed by atoms with E-state index in [2.05, 4.69) is 4.98 Å². The first kappa shape index (κ1) is 13.9. The summed E-state index contributed by atoms with van der Waals surface area (Å²) < 4.78 is 19.2. The number of hydrogen-bond donors (Lipinski definition) is 2. The summed E-state index contributed by atoms with van der Waals surface area (Å²) in [5.74, 6) is -0.741. The van der Waals surface area contributed by atoms with Crippen LogP contribution in [0.1, 0.15) is 20.1 Å². The number of aliphatic hydroxyl groups excluding tert-OH is 1. The van der Waals surface area contributed by atoms with Crippen molar-refractivity contribution >= 4 is 12.2 Å². The molecule has 7 nitrogen and oxygen atoms in total. The minimum atomic E-state index is -0.741. The Morgan fingerprint density at radius 2 is 2.15 bits per heavy atom. The van der Waals surface area contributed by atoms with E-state index >= 15 is 0 Å². The third-order valence-electron chi connectivity index (χ3n) is 3.43. The van der Waals surface area contributed by atoms with Gasteiger partial charge in [0.05, 0.1) is 6.61 Å². The highest BCUT2D eigenvalue weighted by molar-refractivity contribution is 7.71. The summed E-state index contributed by atoms with van der Waals surface area (Å²) in [6, 6.07) is 1.36. The number of aromatic amines is 1. The Hall–Kier alpha value is -1.06. The molecule has 0 radical (unpaired) electrons. The largest absolute Gasteiger partial charge is 0.394 e. The van der Waals surface area contributed by atoms with Gasteiger partial charge in [-0.2, -0.15) is 0 Å². The number of nitrogens with one attached hydrogen (secondary N) is 1. The van der Waals surface area contributed by atoms with Crippen molar-refractivity contribution < 1.29 is 19.3 Å². The van der Waals surface area contributed by atoms with Gasteiger partial charge in [0.15, 0.2) is 16.8 Å². The summed E-state index contributed by atoms with van der Waals surface area (Å²) in [5, 5.41) is 9.41. The maximum atomic E-state index is 11.2. The number of nitrogens with zero attached hydrogens (tertiary/aromatic N) is 1. The minimum Gasteiger partial charge on any atom is -0.394 e. The fourth-order valence-electron chi connectivity index (χ4n) is 2.66. The van der Waals surface area contributed by atoms with Crippen molar-refractivity contribution in [2.45, 2.75) is 44.2 Å². The summed E-state index contributed by atoms with van der Waals surface area (Å²) in [6.45, 7) is 3.44. The normalized spacial score (nSPS) is 35.1. The molecule has 1 aromatic rings. The lowest BCUT2D eigenvalue weighted by Gasteiger charge is -2.24. The molecule has 3 rings (SSSR count). The topological polar surface area (TPSA) is 85.7 Å². The summed E-state index contributed by atoms with van der Waals surface area (Å²) in [6.07, 6.45) is -0.227. The SMILES string of the molecule is CC1(C)O[C@H]2[C@H](O1)[C@H](n1ccc(=O)[nH]c1=S)O[C@H]2CO. The van der Waals surface area contributed by atoms with Gasteiger partial charge in [0, 0.05) is 12.3 Å². The van der Waals surface area contributed by atoms with E-state index in [4.69, 9.17) is 26.4 Å². The van der Waals surface area contributed by atoms with E-state index in [1.54, 1.807) is 10.8 Å². The van der Waals surface area contributed by atoms with Gasteiger partial charge in [-0.15, -0.1) is 0 Å². The van der Waals surface area contributed by atoms with Crippen LogP contribution in [0.25, 0.3) is 0 Å². The molecule has 0 aromatic carbocycles. The standard InChI is InChI=1S/C12H16N2O5S/c1-12(2)18-8-6(5-15)17-10(9(8)19-12)14-4-3-7(16)13-11(14)20/h3-4,6,8-10,15H,5H2,1-2H3,(H,13,16,20)/t6-,8+,9-,10+/m0/s1. The number of ether oxygens (including phenoxy) is 3. The van der Waals surface area contributed by atoms with Crippen molar-refractivity contribution in [1.29, 1.82) is 0 Å². The molecular weight excluding hydrogens is 284 g/mol. The fraction of sp³-hybridized carbons (Fsp3) is 0.667. The molecule has 0 unspecified atom stereocenters. The number of hydrogen-bond acceptors (Lipinski definition) is 6. The monoisotopic (exact) mass is 300 g/mol. The highest BCUT2D eigenvalue weighted by atomic mass is 32.1. The second-order valence-corrected chi connectivity index (χ2v) is 5.72. The Morgan fingerprint density at radius 3 is 2.80 bits per heavy atom. The van der Waals surface area contributed by atoms with Gasteiger partial charge >= 0.3 is 0 Å². The number of aromatic nitrogens is 2. The molecule has 2 aliphatic heterocycles. The zero-order valence-electron chi connectivity index (χ0n) is 11.1. The van der Waals surface area contributed by atoms with Gasteiger partial charge in [-0.05, 0) is 26.1 Å². The Kier molecular flexibility index (Phi) is 3.30. The summed E-state index contributed by atoms with van der Waals surface area (Å²) in [5.41, 5.74) is -0.275. The summed E-state index contributed by atoms with van der Waals surface area (Å²) in [4.78, 5) is 13.8. The molecule has 20 heavy (non-hydrogen) atoms. The molecule has 0 aliphatic carbocycles. The summed E-state index contributed by atoms with van der Waals surface area (Å²) >= 11 is 5.14. The molecule has 4 atom stereocenters. The minimum absolute atomic E-state index is 0.173. The van der Waals surface area contributed by atoms with Crippen molar-refractivity contribution in [2.75, 3.05) is 6.61 Å². The van der Waals surface area contributed by atoms with Gasteiger partial charge in [0.2, 0.25) is 0 Å². The van der Waals surface area contributed by atoms with E-state index in [9.17, 15) is 9.90 Å². The third kappa shape index (κ3) is 2.23. The van der Waals surface area contributed by atoms with Crippen LogP contribution in [0.4, 0.5) is 0 Å². The predicted molar refractivity (Wildman–Crippen MR) is 70.7 cm³/mol. The van der Waals surface area contributed by atoms with E-state index in [1.165, 1.54) is 6.07 Å². The quantitative estimate of drug-likeness (QED) is 0.765. The molecular formula is C12H16N2O5S. The Morgan fingerprint density at radius 1 is 1.45 bits per heavy atom. The predicted octanol–water partition coefficient (Wildman–Crippen LogP) is 0.316. The zero-order valence-corrected chi connectivity index (χ0v) is 11.9. The van der Waals surface area contributed by atoms with Gasteiger partial charge in [0.25, 0.3) is 5.56 Å². The second kappa shape index (κ2) is 4.74. The Labute approximate surface area is 120 Å². The molecule has 0 amide bonds. The average molecular weight is 300 g/mol. The van der Waals surface area contributed by atoms with Crippen molar-refractivity contribution in [3.63, 3.8) is 0 Å². The molecule has 3 heterocycles. The van der Waals surface area contributed by atoms with E-state index in [-0.39, 0.29) is 29.1 Å². The molecule has 0 saturated carbocycles. The highest BCUT2D eigenvalue weighted by Gasteiger charge is 2.55. The number of fused-ring (bicyclic) bond motifs is 1. The molecule has 2 aliphatic rings. The van der Waals surface area contributed by atoms with Crippen LogP contribution < -0.4 is 5.56 Å². The van der Waals surface area contributed by atoms with Gasteiger partial charge in [-0.25, -0.2) is 0 Å². The second-order valence-electron chi connectivity index (χ2n) is 5.33. The van der Waals surface area contributed by atoms with Crippen molar-refractivity contribution in [3.8, 4) is 0 Å². The lowest BCUT2D eigenvalue weighted by atomic mass is 10.1. The molecule has 110 valence electrons. The van der Waals surface area contributed by atoms with E-state index in [1.807, 2.05) is 13.8 Å². The van der Waals surface area contributed by atoms with Crippen LogP contribution in [0, 0.1) is 4.77 Å². The van der Waals surface area contributed by atoms with Crippen LogP contribution in [-0.2, 0) is 14.2 Å². The molecule has 2 fully saturated rings. The molecule has 2 N–H and O–H groups in total. The molecule has 1 aromatic heterocycles. The molecule has 8 heteroatoms. The van der Waals surface area contributed by atoms with Crippen molar-refractivity contribution in [2.24, 2.45) is 0 Å². The number of H-pyrrole nitrogens is 1. The number of aliphatic hydroxyl groups is 1. The van der Waals surface area contributed by atoms with Crippen LogP contribution in [0.5, 0.6) is 0 Å². The van der Waals surface area contributed by atoms with Gasteiger partial charge in [-0.1, -0.05) is 0 Å². The van der Waals surface area contributed by atoms with Crippen molar-refractivity contribution in [1.82, 2.24) is 9.55 Å². The van der Waals surface area contributed by atoms with E-state index in [0.29, 0.717) is 0 Å². The first-order valence-corrected chi connectivity index (χ1v) is 6.75. The Bertz CT molecular complexity index is 625. The molecule has 2 saturated heterocycles. The third-order valence-corrected chi connectivity index (χ3v) is 3.74. The lowest BCUT2D eigenvalue weighted by molar-refractivity contribution is -0.200. The average Bonchev–Trinajstić information content (AvgIpc) is 2.83. The van der Waals surface area contributed by atoms with E-state index in [0.717, 1.165) is 0 Å². The number of rotatable bonds is 2. The first-order valence-electron chi connectivity index (χ1n) is 6.35. The highest BCUT2D eigenvalue weighted by Crippen LogP contribution is 2.42. The van der Waals surface area contributed by atoms with Crippen molar-refractivity contribution in [3.05, 3.63) is 27.4 Å². The summed E-state index contributed by atoms with van der Waals surface area (Å²) in [7, 11) is 0. The van der Waals surface area contributed by atoms with E-state index < -0.39 is 18.1 Å². The van der Waals surface area contributed by atoms with Gasteiger partial charge in [-0.3, -0.25) is 14.3 Å². The van der Waals surface area contributed by atoms with Crippen LogP contribution in [-0.4, -0.2) is 45.4 Å².